The van der Waals surface area contributed by atoms with Crippen molar-refractivity contribution in [3.63, 3.8) is 0 Å². The monoisotopic (exact) mass is 394 g/mol. The highest BCUT2D eigenvalue weighted by molar-refractivity contribution is 5.93. The maximum atomic E-state index is 12.8. The molecule has 12 heteroatoms. The Balaban J connectivity index is 1.80. The number of H-pyrrole nitrogens is 1. The van der Waals surface area contributed by atoms with Gasteiger partial charge in [-0.1, -0.05) is 5.21 Å². The number of rotatable bonds is 6. The molecule has 0 saturated carbocycles. The predicted molar refractivity (Wildman–Crippen MR) is 94.8 cm³/mol. The highest BCUT2D eigenvalue weighted by Crippen LogP contribution is 2.21. The van der Waals surface area contributed by atoms with Crippen LogP contribution >= 0.6 is 0 Å². The molecular formula is C16H22N6O6. The van der Waals surface area contributed by atoms with E-state index in [9.17, 15) is 19.5 Å². The fourth-order valence-corrected chi connectivity index (χ4v) is 2.86. The number of nitrogens with zero attached hydrogens (tertiary/aromatic N) is 5. The minimum absolute atomic E-state index is 0.0340. The number of ether oxygens (including phenoxy) is 1. The lowest BCUT2D eigenvalue weighted by molar-refractivity contribution is -0.0248. The molecule has 1 aliphatic heterocycles. The van der Waals surface area contributed by atoms with Gasteiger partial charge in [-0.2, -0.15) is 0 Å². The maximum absolute atomic E-state index is 12.8. The summed E-state index contributed by atoms with van der Waals surface area (Å²) in [5.74, 6) is -0.544. The Morgan fingerprint density at radius 1 is 1.39 bits per heavy atom. The van der Waals surface area contributed by atoms with Gasteiger partial charge in [0, 0.05) is 12.7 Å². The summed E-state index contributed by atoms with van der Waals surface area (Å²) in [5.41, 5.74) is -1.15. The smallest absolute Gasteiger partial charge is 0.328 e. The molecule has 0 radical (unpaired) electrons. The van der Waals surface area contributed by atoms with Crippen LogP contribution in [-0.2, 0) is 11.3 Å². The van der Waals surface area contributed by atoms with Gasteiger partial charge < -0.3 is 19.8 Å². The van der Waals surface area contributed by atoms with E-state index in [-0.39, 0.29) is 51.1 Å². The lowest BCUT2D eigenvalue weighted by atomic mass is 10.2. The van der Waals surface area contributed by atoms with E-state index in [4.69, 9.17) is 9.84 Å². The molecule has 12 nitrogen and oxygen atoms in total. The highest BCUT2D eigenvalue weighted by atomic mass is 16.5. The third-order valence-corrected chi connectivity index (χ3v) is 4.51. The zero-order chi connectivity index (χ0) is 20.3. The van der Waals surface area contributed by atoms with Crippen LogP contribution in [0.2, 0.25) is 0 Å². The number of nitrogens with one attached hydrogen (secondary N) is 1. The van der Waals surface area contributed by atoms with Gasteiger partial charge in [-0.15, -0.1) is 5.10 Å². The van der Waals surface area contributed by atoms with Gasteiger partial charge in [0.05, 0.1) is 45.1 Å². The lowest BCUT2D eigenvalue weighted by Crippen LogP contribution is -2.45. The molecule has 1 aliphatic rings. The minimum Gasteiger partial charge on any atom is -0.395 e. The van der Waals surface area contributed by atoms with Crippen LogP contribution in [0.5, 0.6) is 0 Å². The van der Waals surface area contributed by atoms with Gasteiger partial charge >= 0.3 is 5.69 Å². The van der Waals surface area contributed by atoms with Gasteiger partial charge in [-0.25, -0.2) is 9.48 Å². The van der Waals surface area contributed by atoms with Gasteiger partial charge in [0.1, 0.15) is 17.4 Å². The predicted octanol–water partition coefficient (Wildman–Crippen LogP) is -2.11. The first kappa shape index (κ1) is 19.9. The van der Waals surface area contributed by atoms with Crippen LogP contribution in [0.4, 0.5) is 0 Å². The second-order valence-corrected chi connectivity index (χ2v) is 6.48. The first-order valence-electron chi connectivity index (χ1n) is 8.82. The average Bonchev–Trinajstić information content (AvgIpc) is 3.19. The maximum Gasteiger partial charge on any atom is 0.328 e. The molecule has 0 aromatic carbocycles. The molecular weight excluding hydrogens is 372 g/mol. The second kappa shape index (κ2) is 8.46. The van der Waals surface area contributed by atoms with Crippen LogP contribution in [0.25, 0.3) is 0 Å². The normalized spacial score (nSPS) is 18.2. The number of carbonyl (C=O) groups is 1. The van der Waals surface area contributed by atoms with E-state index in [1.807, 2.05) is 0 Å². The first-order chi connectivity index (χ1) is 13.4. The molecule has 3 heterocycles. The number of aromatic amines is 1. The van der Waals surface area contributed by atoms with Crippen molar-refractivity contribution in [1.29, 1.82) is 0 Å². The molecule has 2 aromatic heterocycles. The van der Waals surface area contributed by atoms with E-state index in [0.29, 0.717) is 5.69 Å². The zero-order valence-electron chi connectivity index (χ0n) is 15.3. The summed E-state index contributed by atoms with van der Waals surface area (Å²) in [4.78, 5) is 40.2. The average molecular weight is 394 g/mol. The number of carbonyl (C=O) groups excluding carboxylic acids is 1. The summed E-state index contributed by atoms with van der Waals surface area (Å²) >= 11 is 0. The van der Waals surface area contributed by atoms with Gasteiger partial charge in [0.2, 0.25) is 0 Å². The lowest BCUT2D eigenvalue weighted by Gasteiger charge is -2.31. The molecule has 1 amide bonds. The molecule has 1 fully saturated rings. The number of aromatic nitrogens is 5. The van der Waals surface area contributed by atoms with Gasteiger partial charge in [0.15, 0.2) is 0 Å². The van der Waals surface area contributed by atoms with Crippen LogP contribution in [0.15, 0.2) is 22.0 Å². The summed E-state index contributed by atoms with van der Waals surface area (Å²) in [6.45, 7) is 2.02. The zero-order valence-corrected chi connectivity index (χ0v) is 15.3. The number of hydrogen-bond acceptors (Lipinski definition) is 8. The van der Waals surface area contributed by atoms with Crippen molar-refractivity contribution in [1.82, 2.24) is 29.4 Å². The number of aliphatic hydroxyl groups excluding tert-OH is 2. The molecule has 3 rings (SSSR count). The topological polar surface area (TPSA) is 156 Å². The van der Waals surface area contributed by atoms with Crippen molar-refractivity contribution in [2.45, 2.75) is 25.6 Å². The van der Waals surface area contributed by atoms with Crippen LogP contribution in [0, 0.1) is 0 Å². The first-order valence-corrected chi connectivity index (χ1v) is 8.82. The molecule has 0 spiro atoms. The molecule has 0 aliphatic carbocycles. The van der Waals surface area contributed by atoms with Gasteiger partial charge in [0.25, 0.3) is 11.5 Å². The molecule has 2 atom stereocenters. The second-order valence-electron chi connectivity index (χ2n) is 6.48. The molecule has 2 aromatic rings. The van der Waals surface area contributed by atoms with E-state index >= 15 is 0 Å². The summed E-state index contributed by atoms with van der Waals surface area (Å²) in [7, 11) is 0. The summed E-state index contributed by atoms with van der Waals surface area (Å²) in [5, 5.41) is 26.2. The molecule has 28 heavy (non-hydrogen) atoms. The summed E-state index contributed by atoms with van der Waals surface area (Å²) < 4.78 is 8.26. The third kappa shape index (κ3) is 4.03. The minimum atomic E-state index is -0.782. The van der Waals surface area contributed by atoms with Crippen molar-refractivity contribution in [2.24, 2.45) is 0 Å². The number of aliphatic hydroxyl groups is 2. The number of morpholine rings is 1. The van der Waals surface area contributed by atoms with Crippen molar-refractivity contribution in [3.05, 3.63) is 44.5 Å². The quantitative estimate of drug-likeness (QED) is 0.502. The Labute approximate surface area is 159 Å². The Bertz CT molecular complexity index is 950. The third-order valence-electron chi connectivity index (χ3n) is 4.51. The number of hydrogen-bond donors (Lipinski definition) is 3. The van der Waals surface area contributed by atoms with Crippen LogP contribution in [0.3, 0.4) is 0 Å². The van der Waals surface area contributed by atoms with Gasteiger partial charge in [-0.3, -0.25) is 19.1 Å². The highest BCUT2D eigenvalue weighted by Gasteiger charge is 2.29. The Hall–Kier alpha value is -2.83. The van der Waals surface area contributed by atoms with Crippen LogP contribution in [-0.4, -0.2) is 78.5 Å². The van der Waals surface area contributed by atoms with E-state index in [1.54, 1.807) is 13.1 Å². The molecule has 1 saturated heterocycles. The fourth-order valence-electron chi connectivity index (χ4n) is 2.86. The molecule has 1 unspecified atom stereocenters. The molecule has 3 N–H and O–H groups in total. The van der Waals surface area contributed by atoms with E-state index in [1.165, 1.54) is 9.58 Å². The van der Waals surface area contributed by atoms with E-state index < -0.39 is 23.3 Å². The Morgan fingerprint density at radius 3 is 2.89 bits per heavy atom. The molecule has 0 bridgehead atoms. The summed E-state index contributed by atoms with van der Waals surface area (Å²) in [6.07, 6.45) is 2.27. The van der Waals surface area contributed by atoms with Crippen LogP contribution in [0.1, 0.15) is 35.1 Å². The SMILES string of the molecule is C[C@@H](CO)n1cc(C2CN(C(=O)c3cn(CCO)c(=O)[nH]c3=O)CCO2)nn1. The summed E-state index contributed by atoms with van der Waals surface area (Å²) in [6, 6.07) is -0.242. The van der Waals surface area contributed by atoms with E-state index in [2.05, 4.69) is 15.3 Å². The van der Waals surface area contributed by atoms with E-state index in [0.717, 1.165) is 10.8 Å². The number of amides is 1. The fraction of sp³-hybridized carbons (Fsp3) is 0.562. The molecule has 152 valence electrons. The van der Waals surface area contributed by atoms with Gasteiger partial charge in [-0.05, 0) is 6.92 Å². The van der Waals surface area contributed by atoms with Crippen molar-refractivity contribution < 1.29 is 19.7 Å². The van der Waals surface area contributed by atoms with Crippen molar-refractivity contribution >= 4 is 5.91 Å². The largest absolute Gasteiger partial charge is 0.395 e. The standard InChI is InChI=1S/C16H22N6O6/c1-10(9-24)22-7-12(18-19-22)13-8-20(3-5-28-13)15(26)11-6-21(2-4-23)16(27)17-14(11)25/h6-7,10,13,23-24H,2-5,8-9H2,1H3,(H,17,25,27)/t10-,13?/m0/s1. The van der Waals surface area contributed by atoms with Crippen LogP contribution < -0.4 is 11.2 Å². The Morgan fingerprint density at radius 2 is 2.18 bits per heavy atom. The van der Waals surface area contributed by atoms with Crippen molar-refractivity contribution in [2.75, 3.05) is 32.9 Å². The van der Waals surface area contributed by atoms with Crippen molar-refractivity contribution in [3.8, 4) is 0 Å². The Kier molecular flexibility index (Phi) is 6.02.